The van der Waals surface area contributed by atoms with Crippen molar-refractivity contribution < 1.29 is 9.90 Å². The number of aliphatic carboxylic acids is 1. The van der Waals surface area contributed by atoms with Crippen molar-refractivity contribution in [2.75, 3.05) is 19.8 Å². The number of carboxylic acid groups (broad SMARTS) is 1. The summed E-state index contributed by atoms with van der Waals surface area (Å²) in [5, 5.41) is 14.5. The molecule has 1 aliphatic heterocycles. The second-order valence-electron chi connectivity index (χ2n) is 2.55. The molecule has 0 aromatic carbocycles. The van der Waals surface area contributed by atoms with E-state index in [0.29, 0.717) is 0 Å². The molecule has 10 heavy (non-hydrogen) atoms. The van der Waals surface area contributed by atoms with Gasteiger partial charge in [0.2, 0.25) is 0 Å². The summed E-state index contributed by atoms with van der Waals surface area (Å²) in [4.78, 5) is 10.2. The highest BCUT2D eigenvalue weighted by molar-refractivity contribution is 5.67. The van der Waals surface area contributed by atoms with E-state index in [1.54, 1.807) is 0 Å². The molecule has 0 saturated carbocycles. The van der Waals surface area contributed by atoms with Gasteiger partial charge in [0.15, 0.2) is 0 Å². The first-order valence-electron chi connectivity index (χ1n) is 3.42. The SMILES string of the molecule is O=C(O)CC1CNCNC1. The maximum Gasteiger partial charge on any atom is 0.303 e. The summed E-state index contributed by atoms with van der Waals surface area (Å²) in [6, 6.07) is 0. The average Bonchev–Trinajstić information content (AvgIpc) is 1.88. The van der Waals surface area contributed by atoms with Crippen molar-refractivity contribution in [1.29, 1.82) is 0 Å². The van der Waals surface area contributed by atoms with Gasteiger partial charge in [0.05, 0.1) is 6.42 Å². The van der Waals surface area contributed by atoms with Gasteiger partial charge in [-0.05, 0) is 5.92 Å². The molecule has 0 aliphatic carbocycles. The Hall–Kier alpha value is -0.610. The van der Waals surface area contributed by atoms with E-state index in [1.165, 1.54) is 0 Å². The number of carboxylic acids is 1. The summed E-state index contributed by atoms with van der Waals surface area (Å²) in [5.74, 6) is -0.457. The lowest BCUT2D eigenvalue weighted by Crippen LogP contribution is -2.44. The molecular weight excluding hydrogens is 132 g/mol. The minimum absolute atomic E-state index is 0.256. The highest BCUT2D eigenvalue weighted by Crippen LogP contribution is 2.01. The smallest absolute Gasteiger partial charge is 0.303 e. The van der Waals surface area contributed by atoms with Crippen LogP contribution in [0, 0.1) is 5.92 Å². The van der Waals surface area contributed by atoms with Crippen LogP contribution in [0.3, 0.4) is 0 Å². The molecule has 0 unspecified atom stereocenters. The molecule has 0 amide bonds. The lowest BCUT2D eigenvalue weighted by molar-refractivity contribution is -0.138. The molecule has 0 bridgehead atoms. The fraction of sp³-hybridized carbons (Fsp3) is 0.833. The Balaban J connectivity index is 2.19. The van der Waals surface area contributed by atoms with E-state index in [9.17, 15) is 4.79 Å². The summed E-state index contributed by atoms with van der Waals surface area (Å²) < 4.78 is 0. The molecule has 0 aromatic rings. The van der Waals surface area contributed by atoms with Gasteiger partial charge in [0.1, 0.15) is 0 Å². The second-order valence-corrected chi connectivity index (χ2v) is 2.55. The van der Waals surface area contributed by atoms with Crippen molar-refractivity contribution in [3.8, 4) is 0 Å². The first-order chi connectivity index (χ1) is 4.79. The van der Waals surface area contributed by atoms with Crippen LogP contribution in [0.5, 0.6) is 0 Å². The quantitative estimate of drug-likeness (QED) is 0.476. The van der Waals surface area contributed by atoms with Gasteiger partial charge >= 0.3 is 5.97 Å². The maximum absolute atomic E-state index is 10.2. The summed E-state index contributed by atoms with van der Waals surface area (Å²) in [6.45, 7) is 2.44. The number of nitrogens with one attached hydrogen (secondary N) is 2. The molecule has 0 aromatic heterocycles. The van der Waals surface area contributed by atoms with E-state index in [-0.39, 0.29) is 12.3 Å². The fourth-order valence-electron chi connectivity index (χ4n) is 1.10. The Labute approximate surface area is 59.6 Å². The maximum atomic E-state index is 10.2. The highest BCUT2D eigenvalue weighted by Gasteiger charge is 2.14. The van der Waals surface area contributed by atoms with Crippen molar-refractivity contribution in [1.82, 2.24) is 10.6 Å². The van der Waals surface area contributed by atoms with E-state index >= 15 is 0 Å². The van der Waals surface area contributed by atoms with Gasteiger partial charge in [-0.2, -0.15) is 0 Å². The van der Waals surface area contributed by atoms with Crippen LogP contribution in [0.25, 0.3) is 0 Å². The first kappa shape index (κ1) is 7.50. The summed E-state index contributed by atoms with van der Waals surface area (Å²) in [5.41, 5.74) is 0. The van der Waals surface area contributed by atoms with Crippen molar-refractivity contribution >= 4 is 5.97 Å². The average molecular weight is 144 g/mol. The minimum atomic E-state index is -0.712. The van der Waals surface area contributed by atoms with Gasteiger partial charge in [-0.15, -0.1) is 0 Å². The van der Waals surface area contributed by atoms with Gasteiger partial charge in [0.25, 0.3) is 0 Å². The molecule has 0 radical (unpaired) electrons. The molecule has 1 aliphatic rings. The Morgan fingerprint density at radius 1 is 1.50 bits per heavy atom. The monoisotopic (exact) mass is 144 g/mol. The van der Waals surface area contributed by atoms with E-state index in [2.05, 4.69) is 10.6 Å². The Kier molecular flexibility index (Phi) is 2.65. The van der Waals surface area contributed by atoms with Gasteiger partial charge in [-0.3, -0.25) is 4.79 Å². The lowest BCUT2D eigenvalue weighted by atomic mass is 10.1. The number of hydrogen-bond acceptors (Lipinski definition) is 3. The summed E-state index contributed by atoms with van der Waals surface area (Å²) >= 11 is 0. The molecule has 4 nitrogen and oxygen atoms in total. The predicted molar refractivity (Wildman–Crippen MR) is 36.6 cm³/mol. The van der Waals surface area contributed by atoms with E-state index in [4.69, 9.17) is 5.11 Å². The standard InChI is InChI=1S/C6H12N2O2/c9-6(10)1-5-2-7-4-8-3-5/h5,7-8H,1-4H2,(H,9,10). The summed E-state index contributed by atoms with van der Waals surface area (Å²) in [6.07, 6.45) is 0.264. The first-order valence-corrected chi connectivity index (χ1v) is 3.42. The minimum Gasteiger partial charge on any atom is -0.481 e. The van der Waals surface area contributed by atoms with Crippen molar-refractivity contribution in [2.24, 2.45) is 5.92 Å². The molecule has 3 N–H and O–H groups in total. The molecule has 1 fully saturated rings. The van der Waals surface area contributed by atoms with Crippen LogP contribution in [0.15, 0.2) is 0 Å². The van der Waals surface area contributed by atoms with Gasteiger partial charge in [-0.1, -0.05) is 0 Å². The zero-order valence-corrected chi connectivity index (χ0v) is 5.76. The van der Waals surface area contributed by atoms with Gasteiger partial charge < -0.3 is 15.7 Å². The third-order valence-corrected chi connectivity index (χ3v) is 1.58. The van der Waals surface area contributed by atoms with Crippen LogP contribution in [-0.4, -0.2) is 30.8 Å². The zero-order valence-electron chi connectivity index (χ0n) is 5.76. The molecule has 1 rings (SSSR count). The number of rotatable bonds is 2. The second kappa shape index (κ2) is 3.53. The molecule has 58 valence electrons. The number of hydrogen-bond donors (Lipinski definition) is 3. The van der Waals surface area contributed by atoms with Gasteiger partial charge in [-0.25, -0.2) is 0 Å². The Morgan fingerprint density at radius 2 is 2.10 bits per heavy atom. The van der Waals surface area contributed by atoms with Crippen LogP contribution in [0.1, 0.15) is 6.42 Å². The predicted octanol–water partition coefficient (Wildman–Crippen LogP) is -0.772. The third-order valence-electron chi connectivity index (χ3n) is 1.58. The van der Waals surface area contributed by atoms with Crippen molar-refractivity contribution in [3.05, 3.63) is 0 Å². The Bertz CT molecular complexity index is 121. The number of carbonyl (C=O) groups is 1. The van der Waals surface area contributed by atoms with E-state index in [0.717, 1.165) is 19.8 Å². The molecule has 1 saturated heterocycles. The largest absolute Gasteiger partial charge is 0.481 e. The highest BCUT2D eigenvalue weighted by atomic mass is 16.4. The third kappa shape index (κ3) is 2.33. The van der Waals surface area contributed by atoms with Crippen LogP contribution >= 0.6 is 0 Å². The normalized spacial score (nSPS) is 20.8. The molecule has 4 heteroatoms. The van der Waals surface area contributed by atoms with Crippen LogP contribution in [0.2, 0.25) is 0 Å². The lowest BCUT2D eigenvalue weighted by Gasteiger charge is -2.21. The van der Waals surface area contributed by atoms with Crippen molar-refractivity contribution in [3.63, 3.8) is 0 Å². The van der Waals surface area contributed by atoms with Crippen molar-refractivity contribution in [2.45, 2.75) is 6.42 Å². The Morgan fingerprint density at radius 3 is 2.60 bits per heavy atom. The molecular formula is C6H12N2O2. The molecule has 1 heterocycles. The fourth-order valence-corrected chi connectivity index (χ4v) is 1.10. The van der Waals surface area contributed by atoms with Crippen LogP contribution < -0.4 is 10.6 Å². The van der Waals surface area contributed by atoms with Crippen LogP contribution in [0.4, 0.5) is 0 Å². The van der Waals surface area contributed by atoms with Gasteiger partial charge in [0, 0.05) is 19.8 Å². The molecule has 0 spiro atoms. The van der Waals surface area contributed by atoms with E-state index in [1.807, 2.05) is 0 Å². The van der Waals surface area contributed by atoms with Crippen LogP contribution in [-0.2, 0) is 4.79 Å². The summed E-state index contributed by atoms with van der Waals surface area (Å²) in [7, 11) is 0. The zero-order chi connectivity index (χ0) is 7.40. The topological polar surface area (TPSA) is 61.4 Å². The van der Waals surface area contributed by atoms with E-state index < -0.39 is 5.97 Å². The molecule has 0 atom stereocenters.